The number of anilines is 2. The van der Waals surface area contributed by atoms with Crippen molar-refractivity contribution in [1.82, 2.24) is 25.9 Å². The fourth-order valence-electron chi connectivity index (χ4n) is 6.32. The van der Waals surface area contributed by atoms with Crippen LogP contribution in [0.25, 0.3) is 21.7 Å². The Morgan fingerprint density at radius 3 is 2.70 bits per heavy atom. The molecule has 4 aromatic rings. The number of pyridine rings is 2. The minimum atomic E-state index is -0.239. The summed E-state index contributed by atoms with van der Waals surface area (Å²) < 4.78 is 0. The highest BCUT2D eigenvalue weighted by atomic mass is 15.7. The van der Waals surface area contributed by atoms with Crippen LogP contribution >= 0.6 is 0 Å². The first-order valence-corrected chi connectivity index (χ1v) is 15.0. The summed E-state index contributed by atoms with van der Waals surface area (Å²) >= 11 is 0. The monoisotopic (exact) mass is 568 g/mol. The predicted octanol–water partition coefficient (Wildman–Crippen LogP) is 6.36. The van der Waals surface area contributed by atoms with Gasteiger partial charge in [-0.25, -0.2) is 0 Å². The lowest BCUT2D eigenvalue weighted by Gasteiger charge is -2.26. The van der Waals surface area contributed by atoms with Crippen molar-refractivity contribution in [2.24, 2.45) is 11.3 Å². The van der Waals surface area contributed by atoms with E-state index in [1.54, 1.807) is 6.20 Å². The molecule has 0 spiro atoms. The molecule has 2 saturated carbocycles. The third-order valence-electron chi connectivity index (χ3n) is 8.86. The molecule has 2 aromatic carbocycles. The zero-order valence-corrected chi connectivity index (χ0v) is 24.8. The molecular weight excluding hydrogens is 532 g/mol. The van der Waals surface area contributed by atoms with Gasteiger partial charge >= 0.3 is 0 Å². The van der Waals surface area contributed by atoms with Crippen molar-refractivity contribution in [3.63, 3.8) is 0 Å². The standard InChI is InChI=1S/C35H36N8/c1-5-22-19-38-32-24(17-36)15-26(16-29(32)31(22)39-21-34(2,3)4)40-33(28-8-6-7-23-18-37-14-11-27(23)28)30-20-43(42-41-30)35(12-13-35)25-9-10-25/h1,6-8,11,14-16,18-20,25,33,40-42H,9-10,12-13,21H2,2-4H3,(H,38,39)/t33-/m0/s1. The second-order valence-corrected chi connectivity index (χ2v) is 13.2. The van der Waals surface area contributed by atoms with Crippen LogP contribution in [0.1, 0.15) is 69.2 Å². The van der Waals surface area contributed by atoms with E-state index in [9.17, 15) is 5.26 Å². The highest BCUT2D eigenvalue weighted by Crippen LogP contribution is 2.57. The molecule has 8 nitrogen and oxygen atoms in total. The third kappa shape index (κ3) is 4.98. The molecule has 0 bridgehead atoms. The van der Waals surface area contributed by atoms with E-state index in [1.165, 1.54) is 25.7 Å². The zero-order valence-electron chi connectivity index (χ0n) is 24.8. The second kappa shape index (κ2) is 10.2. The van der Waals surface area contributed by atoms with Crippen LogP contribution < -0.4 is 21.6 Å². The van der Waals surface area contributed by atoms with Gasteiger partial charge in [-0.2, -0.15) is 5.26 Å². The van der Waals surface area contributed by atoms with Crippen LogP contribution in [0.4, 0.5) is 11.4 Å². The molecular formula is C35H36N8. The van der Waals surface area contributed by atoms with Gasteiger partial charge < -0.3 is 16.1 Å². The number of hydrogen-bond donors (Lipinski definition) is 4. The van der Waals surface area contributed by atoms with E-state index in [4.69, 9.17) is 6.42 Å². The van der Waals surface area contributed by atoms with Crippen LogP contribution in [0.5, 0.6) is 0 Å². The molecule has 3 aliphatic rings. The summed E-state index contributed by atoms with van der Waals surface area (Å²) in [5.41, 5.74) is 12.7. The minimum Gasteiger partial charge on any atom is -0.383 e. The average molecular weight is 569 g/mol. The lowest BCUT2D eigenvalue weighted by atomic mass is 9.96. The molecule has 1 aliphatic heterocycles. The number of hydrazine groups is 2. The first kappa shape index (κ1) is 27.1. The summed E-state index contributed by atoms with van der Waals surface area (Å²) in [5.74, 6) is 3.54. The van der Waals surface area contributed by atoms with Crippen LogP contribution in [0.2, 0.25) is 0 Å². The van der Waals surface area contributed by atoms with Crippen molar-refractivity contribution < 1.29 is 0 Å². The number of hydrogen-bond acceptors (Lipinski definition) is 8. The Hall–Kier alpha value is -4.79. The van der Waals surface area contributed by atoms with E-state index in [1.807, 2.05) is 18.5 Å². The van der Waals surface area contributed by atoms with Crippen LogP contribution in [-0.2, 0) is 0 Å². The van der Waals surface area contributed by atoms with Gasteiger partial charge in [0, 0.05) is 47.8 Å². The van der Waals surface area contributed by atoms with Crippen molar-refractivity contribution in [1.29, 1.82) is 5.26 Å². The molecule has 43 heavy (non-hydrogen) atoms. The number of nitrogens with one attached hydrogen (secondary N) is 4. The Balaban J connectivity index is 1.34. The van der Waals surface area contributed by atoms with Crippen LogP contribution in [0.15, 0.2) is 66.9 Å². The van der Waals surface area contributed by atoms with Crippen LogP contribution in [-0.4, -0.2) is 27.1 Å². The largest absolute Gasteiger partial charge is 0.383 e. The Kier molecular flexibility index (Phi) is 6.41. The van der Waals surface area contributed by atoms with Crippen molar-refractivity contribution in [2.45, 2.75) is 58.0 Å². The summed E-state index contributed by atoms with van der Waals surface area (Å²) in [6.45, 7) is 7.23. The highest BCUT2D eigenvalue weighted by molar-refractivity contribution is 5.99. The second-order valence-electron chi connectivity index (χ2n) is 13.2. The van der Waals surface area contributed by atoms with Gasteiger partial charge in [-0.05, 0) is 66.2 Å². The highest BCUT2D eigenvalue weighted by Gasteiger charge is 2.58. The molecule has 4 N–H and O–H groups in total. The molecule has 0 unspecified atom stereocenters. The van der Waals surface area contributed by atoms with Gasteiger partial charge in [-0.15, -0.1) is 12.0 Å². The molecule has 216 valence electrons. The minimum absolute atomic E-state index is 0.0303. The van der Waals surface area contributed by atoms with Crippen molar-refractivity contribution in [3.8, 4) is 18.4 Å². The summed E-state index contributed by atoms with van der Waals surface area (Å²) in [4.78, 5) is 8.96. The van der Waals surface area contributed by atoms with Crippen molar-refractivity contribution >= 4 is 33.1 Å². The van der Waals surface area contributed by atoms with E-state index in [0.29, 0.717) is 23.2 Å². The third-order valence-corrected chi connectivity index (χ3v) is 8.86. The summed E-state index contributed by atoms with van der Waals surface area (Å²) in [6.07, 6.45) is 18.6. The van der Waals surface area contributed by atoms with Gasteiger partial charge in [0.2, 0.25) is 0 Å². The number of benzene rings is 2. The fourth-order valence-corrected chi connectivity index (χ4v) is 6.32. The first-order valence-electron chi connectivity index (χ1n) is 15.0. The van der Waals surface area contributed by atoms with E-state index >= 15 is 0 Å². The molecule has 0 saturated heterocycles. The van der Waals surface area contributed by atoms with Gasteiger partial charge in [0.05, 0.1) is 39.6 Å². The van der Waals surface area contributed by atoms with Gasteiger partial charge in [-0.3, -0.25) is 15.0 Å². The molecule has 8 heteroatoms. The normalized spacial score (nSPS) is 18.0. The lowest BCUT2D eigenvalue weighted by molar-refractivity contribution is 0.156. The molecule has 1 atom stereocenters. The maximum Gasteiger partial charge on any atom is 0.102 e. The summed E-state index contributed by atoms with van der Waals surface area (Å²) in [6, 6.07) is 14.4. The van der Waals surface area contributed by atoms with Crippen molar-refractivity contribution in [3.05, 3.63) is 83.6 Å². The number of fused-ring (bicyclic) bond motifs is 2. The molecule has 2 fully saturated rings. The number of rotatable bonds is 8. The fraction of sp³-hybridized carbons (Fsp3) is 0.343. The van der Waals surface area contributed by atoms with Crippen LogP contribution in [0.3, 0.4) is 0 Å². The quantitative estimate of drug-likeness (QED) is 0.182. The van der Waals surface area contributed by atoms with E-state index in [0.717, 1.165) is 44.7 Å². The lowest BCUT2D eigenvalue weighted by Crippen LogP contribution is -2.46. The average Bonchev–Trinajstić information content (AvgIpc) is 3.95. The Bertz CT molecular complexity index is 1840. The summed E-state index contributed by atoms with van der Waals surface area (Å²) in [7, 11) is 0. The number of terminal acetylenes is 1. The van der Waals surface area contributed by atoms with Gasteiger partial charge in [0.25, 0.3) is 0 Å². The number of aromatic nitrogens is 2. The topological polar surface area (TPSA) is 101 Å². The Morgan fingerprint density at radius 2 is 1.98 bits per heavy atom. The molecule has 0 amide bonds. The van der Waals surface area contributed by atoms with E-state index in [-0.39, 0.29) is 17.0 Å². The first-order chi connectivity index (χ1) is 20.8. The van der Waals surface area contributed by atoms with Crippen LogP contribution in [0, 0.1) is 35.0 Å². The molecule has 2 aliphatic carbocycles. The molecule has 0 radical (unpaired) electrons. The molecule has 7 rings (SSSR count). The SMILES string of the molecule is C#Cc1cnc2c(C#N)cc(N[C@H](C3=CN(C4(C5CC5)CC4)NN3)c3cccc4cnccc34)cc2c1NCC(C)(C)C. The maximum atomic E-state index is 10.2. The maximum absolute atomic E-state index is 10.2. The smallest absolute Gasteiger partial charge is 0.102 e. The van der Waals surface area contributed by atoms with E-state index in [2.05, 4.69) is 106 Å². The Morgan fingerprint density at radius 1 is 1.14 bits per heavy atom. The molecule has 3 heterocycles. The predicted molar refractivity (Wildman–Crippen MR) is 171 cm³/mol. The van der Waals surface area contributed by atoms with Gasteiger partial charge in [0.15, 0.2) is 0 Å². The number of nitriles is 1. The summed E-state index contributed by atoms with van der Waals surface area (Å²) in [5, 5.41) is 22.9. The Labute approximate surface area is 252 Å². The number of nitrogens with zero attached hydrogens (tertiary/aromatic N) is 4. The zero-order chi connectivity index (χ0) is 29.8. The molecule has 2 aromatic heterocycles. The van der Waals surface area contributed by atoms with E-state index < -0.39 is 0 Å². The van der Waals surface area contributed by atoms with Gasteiger partial charge in [-0.1, -0.05) is 44.9 Å². The van der Waals surface area contributed by atoms with Gasteiger partial charge in [0.1, 0.15) is 6.07 Å². The van der Waals surface area contributed by atoms with Crippen molar-refractivity contribution in [2.75, 3.05) is 17.2 Å².